The lowest BCUT2D eigenvalue weighted by Gasteiger charge is -2.17. The summed E-state index contributed by atoms with van der Waals surface area (Å²) in [5.74, 6) is 0.582. The third kappa shape index (κ3) is 4.23. The maximum absolute atomic E-state index is 5.70. The monoisotopic (exact) mass is 221 g/mol. The lowest BCUT2D eigenvalue weighted by Crippen LogP contribution is -2.20. The molecule has 0 aliphatic heterocycles. The first-order valence-corrected chi connectivity index (χ1v) is 6.02. The van der Waals surface area contributed by atoms with Crippen LogP contribution in [-0.4, -0.2) is 19.3 Å². The highest BCUT2D eigenvalue weighted by molar-refractivity contribution is 5.50. The number of para-hydroxylation sites is 1. The molecule has 1 atom stereocenters. The van der Waals surface area contributed by atoms with Gasteiger partial charge in [0, 0.05) is 12.2 Å². The molecule has 0 saturated heterocycles. The summed E-state index contributed by atoms with van der Waals surface area (Å²) < 4.78 is 5.70. The van der Waals surface area contributed by atoms with Crippen LogP contribution in [0.25, 0.3) is 0 Å². The molecule has 16 heavy (non-hydrogen) atoms. The van der Waals surface area contributed by atoms with Crippen molar-refractivity contribution in [2.75, 3.05) is 18.5 Å². The second-order valence-corrected chi connectivity index (χ2v) is 4.56. The Bertz CT molecular complexity index is 309. The molecular formula is C14H23NO. The first-order chi connectivity index (χ1) is 7.61. The van der Waals surface area contributed by atoms with Crippen molar-refractivity contribution >= 4 is 5.69 Å². The minimum Gasteiger partial charge on any atom is -0.383 e. The highest BCUT2D eigenvalue weighted by atomic mass is 16.5. The van der Waals surface area contributed by atoms with Crippen LogP contribution >= 0.6 is 0 Å². The Balaban J connectivity index is 2.24. The average Bonchev–Trinajstić information content (AvgIpc) is 2.26. The molecule has 0 radical (unpaired) electrons. The second-order valence-electron chi connectivity index (χ2n) is 4.56. The lowest BCUT2D eigenvalue weighted by molar-refractivity contribution is 0.0421. The van der Waals surface area contributed by atoms with Crippen molar-refractivity contribution in [3.05, 3.63) is 29.8 Å². The molecule has 2 nitrogen and oxygen atoms in total. The van der Waals surface area contributed by atoms with Gasteiger partial charge in [-0.25, -0.2) is 0 Å². The van der Waals surface area contributed by atoms with E-state index in [2.05, 4.69) is 51.2 Å². The fourth-order valence-corrected chi connectivity index (χ4v) is 1.39. The van der Waals surface area contributed by atoms with Gasteiger partial charge in [0.25, 0.3) is 0 Å². The van der Waals surface area contributed by atoms with Crippen LogP contribution in [0.2, 0.25) is 0 Å². The van der Waals surface area contributed by atoms with Gasteiger partial charge in [-0.1, -0.05) is 32.0 Å². The summed E-state index contributed by atoms with van der Waals surface area (Å²) in [4.78, 5) is 0. The van der Waals surface area contributed by atoms with E-state index in [0.717, 1.165) is 13.2 Å². The van der Waals surface area contributed by atoms with Crippen LogP contribution in [0.5, 0.6) is 0 Å². The van der Waals surface area contributed by atoms with Crippen LogP contribution in [0.15, 0.2) is 24.3 Å². The summed E-state index contributed by atoms with van der Waals surface area (Å²) in [6.07, 6.45) is 0.332. The van der Waals surface area contributed by atoms with Gasteiger partial charge in [0.05, 0.1) is 12.7 Å². The van der Waals surface area contributed by atoms with E-state index < -0.39 is 0 Å². The Morgan fingerprint density at radius 1 is 1.19 bits per heavy atom. The smallest absolute Gasteiger partial charge is 0.0642 e. The first-order valence-electron chi connectivity index (χ1n) is 6.02. The highest BCUT2D eigenvalue weighted by Gasteiger charge is 2.06. The molecule has 2 heteroatoms. The molecule has 0 heterocycles. The first kappa shape index (κ1) is 13.0. The molecule has 1 rings (SSSR count). The molecule has 0 saturated carbocycles. The fourth-order valence-electron chi connectivity index (χ4n) is 1.39. The van der Waals surface area contributed by atoms with E-state index in [9.17, 15) is 0 Å². The van der Waals surface area contributed by atoms with Crippen molar-refractivity contribution in [3.8, 4) is 0 Å². The number of nitrogens with one attached hydrogen (secondary N) is 1. The standard InChI is InChI=1S/C14H23NO/c1-11(2)13(4)16-10-9-15-14-8-6-5-7-12(14)3/h5-8,11,13,15H,9-10H2,1-4H3. The zero-order chi connectivity index (χ0) is 12.0. The Morgan fingerprint density at radius 2 is 1.88 bits per heavy atom. The van der Waals surface area contributed by atoms with E-state index in [1.165, 1.54) is 11.3 Å². The summed E-state index contributed by atoms with van der Waals surface area (Å²) in [5.41, 5.74) is 2.47. The van der Waals surface area contributed by atoms with E-state index >= 15 is 0 Å². The molecule has 0 bridgehead atoms. The van der Waals surface area contributed by atoms with Gasteiger partial charge < -0.3 is 10.1 Å². The third-order valence-electron chi connectivity index (χ3n) is 2.88. The van der Waals surface area contributed by atoms with Gasteiger partial charge in [-0.05, 0) is 31.4 Å². The number of ether oxygens (including phenoxy) is 1. The van der Waals surface area contributed by atoms with Crippen molar-refractivity contribution < 1.29 is 4.74 Å². The van der Waals surface area contributed by atoms with Crippen LogP contribution in [0.3, 0.4) is 0 Å². The normalized spacial score (nSPS) is 12.8. The average molecular weight is 221 g/mol. The molecule has 0 fully saturated rings. The van der Waals surface area contributed by atoms with E-state index in [-0.39, 0.29) is 0 Å². The number of rotatable bonds is 6. The topological polar surface area (TPSA) is 21.3 Å². The SMILES string of the molecule is Cc1ccccc1NCCOC(C)C(C)C. The summed E-state index contributed by atoms with van der Waals surface area (Å²) >= 11 is 0. The molecule has 1 aromatic rings. The number of benzene rings is 1. The zero-order valence-electron chi connectivity index (χ0n) is 10.8. The molecule has 0 amide bonds. The van der Waals surface area contributed by atoms with Crippen LogP contribution in [0.1, 0.15) is 26.3 Å². The Kier molecular flexibility index (Phi) is 5.33. The molecule has 1 aromatic carbocycles. The summed E-state index contributed by atoms with van der Waals surface area (Å²) in [7, 11) is 0. The minimum atomic E-state index is 0.332. The number of hydrogen-bond donors (Lipinski definition) is 1. The van der Waals surface area contributed by atoms with Gasteiger partial charge in [-0.2, -0.15) is 0 Å². The Labute approximate surface area is 99.0 Å². The highest BCUT2D eigenvalue weighted by Crippen LogP contribution is 2.12. The third-order valence-corrected chi connectivity index (χ3v) is 2.88. The van der Waals surface area contributed by atoms with Crippen molar-refractivity contribution in [3.63, 3.8) is 0 Å². The van der Waals surface area contributed by atoms with Crippen LogP contribution < -0.4 is 5.32 Å². The van der Waals surface area contributed by atoms with Gasteiger partial charge in [-0.15, -0.1) is 0 Å². The van der Waals surface area contributed by atoms with E-state index in [1.54, 1.807) is 0 Å². The van der Waals surface area contributed by atoms with Crippen molar-refractivity contribution in [2.24, 2.45) is 5.92 Å². The molecule has 1 N–H and O–H groups in total. The van der Waals surface area contributed by atoms with Crippen molar-refractivity contribution in [1.82, 2.24) is 0 Å². The zero-order valence-corrected chi connectivity index (χ0v) is 10.8. The predicted molar refractivity (Wildman–Crippen MR) is 69.9 cm³/mol. The van der Waals surface area contributed by atoms with Gasteiger partial charge in [-0.3, -0.25) is 0 Å². The molecule has 0 aliphatic rings. The molecule has 1 unspecified atom stereocenters. The van der Waals surface area contributed by atoms with Gasteiger partial charge in [0.1, 0.15) is 0 Å². The predicted octanol–water partition coefficient (Wildman–Crippen LogP) is 3.47. The van der Waals surface area contributed by atoms with Gasteiger partial charge >= 0.3 is 0 Å². The van der Waals surface area contributed by atoms with Crippen LogP contribution in [0.4, 0.5) is 5.69 Å². The van der Waals surface area contributed by atoms with Crippen LogP contribution in [-0.2, 0) is 4.74 Å². The largest absolute Gasteiger partial charge is 0.383 e. The van der Waals surface area contributed by atoms with E-state index in [1.807, 2.05) is 6.07 Å². The molecule has 0 aromatic heterocycles. The molecule has 90 valence electrons. The summed E-state index contributed by atoms with van der Waals surface area (Å²) in [5, 5.41) is 3.38. The van der Waals surface area contributed by atoms with Crippen molar-refractivity contribution in [2.45, 2.75) is 33.8 Å². The maximum Gasteiger partial charge on any atom is 0.0642 e. The van der Waals surface area contributed by atoms with Crippen LogP contribution in [0, 0.1) is 12.8 Å². The van der Waals surface area contributed by atoms with E-state index in [0.29, 0.717) is 12.0 Å². The summed E-state index contributed by atoms with van der Waals surface area (Å²) in [6, 6.07) is 8.31. The second kappa shape index (κ2) is 6.54. The summed E-state index contributed by atoms with van der Waals surface area (Å²) in [6.45, 7) is 10.2. The van der Waals surface area contributed by atoms with Gasteiger partial charge in [0.15, 0.2) is 0 Å². The lowest BCUT2D eigenvalue weighted by atomic mass is 10.1. The van der Waals surface area contributed by atoms with Gasteiger partial charge in [0.2, 0.25) is 0 Å². The maximum atomic E-state index is 5.70. The molecule has 0 spiro atoms. The fraction of sp³-hybridized carbons (Fsp3) is 0.571. The molecule has 0 aliphatic carbocycles. The molecular weight excluding hydrogens is 198 g/mol. The quantitative estimate of drug-likeness (QED) is 0.743. The Hall–Kier alpha value is -1.02. The van der Waals surface area contributed by atoms with E-state index in [4.69, 9.17) is 4.74 Å². The Morgan fingerprint density at radius 3 is 2.50 bits per heavy atom. The number of hydrogen-bond acceptors (Lipinski definition) is 2. The number of aryl methyl sites for hydroxylation is 1. The van der Waals surface area contributed by atoms with Crippen molar-refractivity contribution in [1.29, 1.82) is 0 Å². The number of anilines is 1. The minimum absolute atomic E-state index is 0.332.